The van der Waals surface area contributed by atoms with Gasteiger partial charge in [0.05, 0.1) is 5.41 Å². The quantitative estimate of drug-likeness (QED) is 0.0799. The molecule has 1 aromatic carbocycles. The molecule has 1 aliphatic heterocycles. The molecule has 4 atom stereocenters. The van der Waals surface area contributed by atoms with E-state index in [1.165, 1.54) is 34.9 Å². The number of benzene rings is 1. The fourth-order valence-corrected chi connectivity index (χ4v) is 8.37. The van der Waals surface area contributed by atoms with Crippen molar-refractivity contribution in [2.75, 3.05) is 0 Å². The molecule has 2 fully saturated rings. The van der Waals surface area contributed by atoms with Crippen LogP contribution in [-0.2, 0) is 14.3 Å². The predicted octanol–water partition coefficient (Wildman–Crippen LogP) is 10.3. The molecule has 266 valence electrons. The summed E-state index contributed by atoms with van der Waals surface area (Å²) < 4.78 is 6.88. The van der Waals surface area contributed by atoms with Gasteiger partial charge >= 0.3 is 0 Å². The van der Waals surface area contributed by atoms with E-state index in [0.717, 1.165) is 18.4 Å². The number of carbonyl (C=O) groups is 3. The lowest BCUT2D eigenvalue weighted by atomic mass is 9.39. The number of phenolic OH excluding ortho intramolecular Hbond substituents is 2. The van der Waals surface area contributed by atoms with E-state index in [4.69, 9.17) is 4.74 Å². The molecule has 4 rings (SSSR count). The van der Waals surface area contributed by atoms with Gasteiger partial charge in [-0.05, 0) is 137 Å². The van der Waals surface area contributed by atoms with Crippen molar-refractivity contribution in [1.29, 1.82) is 0 Å². The molecule has 0 amide bonds. The van der Waals surface area contributed by atoms with Gasteiger partial charge in [-0.2, -0.15) is 0 Å². The van der Waals surface area contributed by atoms with Gasteiger partial charge < -0.3 is 14.9 Å². The zero-order valence-corrected chi connectivity index (χ0v) is 31.7. The van der Waals surface area contributed by atoms with Crippen LogP contribution in [0, 0.1) is 28.1 Å². The van der Waals surface area contributed by atoms with Gasteiger partial charge in [0.15, 0.2) is 28.8 Å². The number of hydrogen-bond acceptors (Lipinski definition) is 6. The summed E-state index contributed by atoms with van der Waals surface area (Å²) in [6, 6.07) is 3.83. The molecule has 6 nitrogen and oxygen atoms in total. The van der Waals surface area contributed by atoms with E-state index in [1.54, 1.807) is 0 Å². The molecule has 2 N–H and O–H groups in total. The Morgan fingerprint density at radius 1 is 0.816 bits per heavy atom. The number of carbonyl (C=O) groups excluding carboxylic acids is 3. The molecule has 0 unspecified atom stereocenters. The summed E-state index contributed by atoms with van der Waals surface area (Å²) in [5.41, 5.74) is 0.459. The molecule has 0 radical (unpaired) electrons. The van der Waals surface area contributed by atoms with Crippen LogP contribution in [0.2, 0.25) is 0 Å². The molecule has 0 aromatic heterocycles. The molecule has 6 heteroatoms. The summed E-state index contributed by atoms with van der Waals surface area (Å²) in [5, 5.41) is 20.4. The molecule has 1 saturated heterocycles. The van der Waals surface area contributed by atoms with Crippen LogP contribution in [0.4, 0.5) is 0 Å². The Morgan fingerprint density at radius 3 is 2.00 bits per heavy atom. The van der Waals surface area contributed by atoms with Crippen LogP contribution in [0.25, 0.3) is 0 Å². The van der Waals surface area contributed by atoms with Crippen molar-refractivity contribution in [3.05, 3.63) is 81.7 Å². The van der Waals surface area contributed by atoms with Gasteiger partial charge in [0.2, 0.25) is 0 Å². The summed E-state index contributed by atoms with van der Waals surface area (Å²) in [7, 11) is 0. The van der Waals surface area contributed by atoms with Gasteiger partial charge in [-0.1, -0.05) is 60.4 Å². The van der Waals surface area contributed by atoms with E-state index in [0.29, 0.717) is 25.7 Å². The molecule has 49 heavy (non-hydrogen) atoms. The zero-order valence-electron chi connectivity index (χ0n) is 31.7. The van der Waals surface area contributed by atoms with Crippen LogP contribution in [-0.4, -0.2) is 33.2 Å². The molecule has 3 aliphatic rings. The lowest BCUT2D eigenvalue weighted by molar-refractivity contribution is -0.188. The predicted molar refractivity (Wildman–Crippen MR) is 196 cm³/mol. The highest BCUT2D eigenvalue weighted by atomic mass is 16.5. The van der Waals surface area contributed by atoms with E-state index < -0.39 is 39.2 Å². The minimum absolute atomic E-state index is 0.0401. The summed E-state index contributed by atoms with van der Waals surface area (Å²) in [6.07, 6.45) is 13.1. The normalized spacial score (nSPS) is 27.1. The number of ether oxygens (including phenoxy) is 1. The average Bonchev–Trinajstić information content (AvgIpc) is 2.99. The van der Waals surface area contributed by atoms with Gasteiger partial charge in [-0.25, -0.2) is 0 Å². The summed E-state index contributed by atoms with van der Waals surface area (Å²) in [5.74, 6) is -1.95. The third kappa shape index (κ3) is 6.90. The molecule has 1 heterocycles. The average molecular weight is 671 g/mol. The Morgan fingerprint density at radius 2 is 1.41 bits per heavy atom. The number of rotatable bonds is 11. The monoisotopic (exact) mass is 670 g/mol. The van der Waals surface area contributed by atoms with E-state index in [-0.39, 0.29) is 46.7 Å². The summed E-state index contributed by atoms with van der Waals surface area (Å²) in [4.78, 5) is 45.5. The van der Waals surface area contributed by atoms with E-state index in [9.17, 15) is 15.0 Å². The van der Waals surface area contributed by atoms with Crippen molar-refractivity contribution in [3.8, 4) is 11.5 Å². The second kappa shape index (κ2) is 13.9. The first-order valence-corrected chi connectivity index (χ1v) is 17.9. The second-order valence-corrected chi connectivity index (χ2v) is 16.7. The minimum atomic E-state index is -1.50. The maximum Gasteiger partial charge on any atom is 0.200 e. The van der Waals surface area contributed by atoms with Crippen LogP contribution < -0.4 is 0 Å². The van der Waals surface area contributed by atoms with Crippen molar-refractivity contribution in [1.82, 2.24) is 0 Å². The molecular weight excluding hydrogens is 612 g/mol. The largest absolute Gasteiger partial charge is 0.504 e. The molecular formula is C43H58O6. The van der Waals surface area contributed by atoms with Gasteiger partial charge in [-0.3, -0.25) is 14.4 Å². The second-order valence-electron chi connectivity index (χ2n) is 16.7. The topological polar surface area (TPSA) is 101 Å². The third-order valence-corrected chi connectivity index (χ3v) is 11.7. The maximum absolute atomic E-state index is 15.5. The van der Waals surface area contributed by atoms with E-state index in [2.05, 4.69) is 52.8 Å². The number of allylic oxidation sites excluding steroid dienone is 10. The Hall–Kier alpha value is -3.67. The summed E-state index contributed by atoms with van der Waals surface area (Å²) >= 11 is 0. The van der Waals surface area contributed by atoms with Crippen molar-refractivity contribution in [2.24, 2.45) is 28.1 Å². The van der Waals surface area contributed by atoms with Crippen molar-refractivity contribution in [3.63, 3.8) is 0 Å². The fraction of sp³-hybridized carbons (Fsp3) is 0.558. The zero-order chi connectivity index (χ0) is 36.7. The Balaban J connectivity index is 2.02. The van der Waals surface area contributed by atoms with Gasteiger partial charge in [0, 0.05) is 11.5 Å². The van der Waals surface area contributed by atoms with Gasteiger partial charge in [0.1, 0.15) is 22.3 Å². The summed E-state index contributed by atoms with van der Waals surface area (Å²) in [6.45, 7) is 22.5. The third-order valence-electron chi connectivity index (χ3n) is 11.7. The van der Waals surface area contributed by atoms with Gasteiger partial charge in [-0.15, -0.1) is 0 Å². The highest BCUT2D eigenvalue weighted by Gasteiger charge is 2.74. The fourth-order valence-electron chi connectivity index (χ4n) is 8.37. The number of Topliss-reactive ketones (excluding diaryl/α,β-unsaturated/α-hetero) is 3. The van der Waals surface area contributed by atoms with Crippen LogP contribution in [0.15, 0.2) is 76.1 Å². The number of fused-ring (bicyclic) bond motifs is 1. The smallest absolute Gasteiger partial charge is 0.200 e. The van der Waals surface area contributed by atoms with E-state index >= 15 is 9.59 Å². The first-order chi connectivity index (χ1) is 22.7. The van der Waals surface area contributed by atoms with Crippen LogP contribution in [0.1, 0.15) is 131 Å². The minimum Gasteiger partial charge on any atom is -0.504 e. The number of aromatic hydroxyl groups is 2. The lowest BCUT2D eigenvalue weighted by Gasteiger charge is -2.64. The number of ketones is 3. The standard InChI is InChI=1S/C43H58O6/c1-26(2)13-12-14-29(7)16-19-31-24-42-25-32(18-15-27(3)4)41(10,11)49-38(42)35(36(46)30-17-20-33(44)34(45)23-30)37(47)43(39(42)48,40(31,8)9)22-21-28(5)6/h13,15-17,20-21,23,31-32,44-45H,12,14,18-19,22,24-25H2,1-11H3/t31-,32-,42-,43-/m0/s1. The molecule has 2 bridgehead atoms. The van der Waals surface area contributed by atoms with Crippen LogP contribution >= 0.6 is 0 Å². The molecule has 2 aliphatic carbocycles. The Labute approximate surface area is 294 Å². The highest BCUT2D eigenvalue weighted by Crippen LogP contribution is 2.69. The van der Waals surface area contributed by atoms with Gasteiger partial charge in [0.25, 0.3) is 0 Å². The number of hydrogen-bond donors (Lipinski definition) is 2. The van der Waals surface area contributed by atoms with Crippen LogP contribution in [0.5, 0.6) is 11.5 Å². The molecule has 1 aromatic rings. The van der Waals surface area contributed by atoms with E-state index in [1.807, 2.05) is 47.6 Å². The Kier molecular flexibility index (Phi) is 10.8. The Bertz CT molecular complexity index is 1660. The first-order valence-electron chi connectivity index (χ1n) is 17.9. The molecule has 1 saturated carbocycles. The van der Waals surface area contributed by atoms with Crippen LogP contribution in [0.3, 0.4) is 0 Å². The lowest BCUT2D eigenvalue weighted by Crippen LogP contribution is -2.69. The first kappa shape index (κ1) is 38.1. The molecule has 1 spiro atoms. The number of phenols is 2. The highest BCUT2D eigenvalue weighted by molar-refractivity contribution is 6.35. The van der Waals surface area contributed by atoms with Crippen molar-refractivity contribution >= 4 is 17.3 Å². The maximum atomic E-state index is 15.5. The van der Waals surface area contributed by atoms with Crippen molar-refractivity contribution in [2.45, 2.75) is 127 Å². The SMILES string of the molecule is CC(C)=CCCC(C)=CC[C@H]1C[C@]23C[C@H](CC=C(C)C)C(C)(C)OC2=C(C(=O)c2ccc(O)c(O)c2)C(=O)[C@@](CC=C(C)C)(C3=O)C1(C)C. The van der Waals surface area contributed by atoms with Crippen molar-refractivity contribution < 1.29 is 29.3 Å².